The summed E-state index contributed by atoms with van der Waals surface area (Å²) in [4.78, 5) is 10.7. The van der Waals surface area contributed by atoms with Crippen LogP contribution in [0.1, 0.15) is 10.9 Å². The van der Waals surface area contributed by atoms with Crippen LogP contribution in [0.25, 0.3) is 0 Å². The minimum absolute atomic E-state index is 0.287. The van der Waals surface area contributed by atoms with Crippen LogP contribution in [-0.2, 0) is 4.79 Å². The molecule has 1 aliphatic rings. The third kappa shape index (κ3) is 2.17. The maximum Gasteiger partial charge on any atom is 0.321 e. The number of benzene rings is 1. The van der Waals surface area contributed by atoms with Gasteiger partial charge in [-0.3, -0.25) is 10.1 Å². The van der Waals surface area contributed by atoms with Crippen molar-refractivity contribution in [2.24, 2.45) is 0 Å². The topological polar surface area (TPSA) is 49.3 Å². The van der Waals surface area contributed by atoms with Gasteiger partial charge in [-0.1, -0.05) is 6.07 Å². The molecule has 1 aromatic rings. The van der Waals surface area contributed by atoms with Crippen LogP contribution in [0.3, 0.4) is 0 Å². The second-order valence-corrected chi connectivity index (χ2v) is 4.57. The molecule has 2 N–H and O–H groups in total. The normalized spacial score (nSPS) is 24.6. The molecule has 0 aromatic heterocycles. The van der Waals surface area contributed by atoms with Gasteiger partial charge in [0.1, 0.15) is 17.7 Å². The molecule has 1 aromatic carbocycles. The molecule has 3 nitrogen and oxygen atoms in total. The molecule has 0 bridgehead atoms. The van der Waals surface area contributed by atoms with Crippen molar-refractivity contribution in [2.75, 3.05) is 5.75 Å². The van der Waals surface area contributed by atoms with Gasteiger partial charge in [0, 0.05) is 17.4 Å². The van der Waals surface area contributed by atoms with Crippen LogP contribution < -0.4 is 5.32 Å². The van der Waals surface area contributed by atoms with Gasteiger partial charge in [0.2, 0.25) is 0 Å². The van der Waals surface area contributed by atoms with Gasteiger partial charge in [-0.15, -0.1) is 11.8 Å². The van der Waals surface area contributed by atoms with Crippen molar-refractivity contribution in [2.45, 2.75) is 11.4 Å². The van der Waals surface area contributed by atoms with E-state index in [0.29, 0.717) is 5.75 Å². The average molecular weight is 245 g/mol. The van der Waals surface area contributed by atoms with Crippen LogP contribution in [0.5, 0.6) is 0 Å². The first-order valence-electron chi connectivity index (χ1n) is 4.63. The maximum absolute atomic E-state index is 13.4. The van der Waals surface area contributed by atoms with Crippen LogP contribution in [0, 0.1) is 11.6 Å². The number of carbonyl (C=O) groups is 1. The summed E-state index contributed by atoms with van der Waals surface area (Å²) in [5, 5.41) is 11.1. The fraction of sp³-hybridized carbons (Fsp3) is 0.300. The van der Waals surface area contributed by atoms with E-state index < -0.39 is 29.0 Å². The molecule has 1 aliphatic heterocycles. The van der Waals surface area contributed by atoms with E-state index in [1.807, 2.05) is 0 Å². The summed E-state index contributed by atoms with van der Waals surface area (Å²) in [7, 11) is 0. The van der Waals surface area contributed by atoms with E-state index in [1.165, 1.54) is 17.8 Å². The molecule has 1 unspecified atom stereocenters. The highest BCUT2D eigenvalue weighted by atomic mass is 32.2. The summed E-state index contributed by atoms with van der Waals surface area (Å²) in [6.45, 7) is 0. The Bertz CT molecular complexity index is 427. The zero-order valence-corrected chi connectivity index (χ0v) is 8.93. The molecule has 1 heterocycles. The molecule has 0 amide bonds. The molecule has 0 saturated carbocycles. The van der Waals surface area contributed by atoms with E-state index >= 15 is 0 Å². The van der Waals surface area contributed by atoms with Crippen molar-refractivity contribution < 1.29 is 18.7 Å². The number of hydrogen-bond acceptors (Lipinski definition) is 3. The van der Waals surface area contributed by atoms with E-state index in [-0.39, 0.29) is 5.56 Å². The van der Waals surface area contributed by atoms with Gasteiger partial charge in [-0.2, -0.15) is 0 Å². The van der Waals surface area contributed by atoms with Crippen LogP contribution in [-0.4, -0.2) is 22.9 Å². The number of carboxylic acid groups (broad SMARTS) is 1. The Labute approximate surface area is 94.8 Å². The Morgan fingerprint density at radius 1 is 1.50 bits per heavy atom. The highest BCUT2D eigenvalue weighted by molar-refractivity contribution is 7.99. The zero-order valence-electron chi connectivity index (χ0n) is 8.11. The quantitative estimate of drug-likeness (QED) is 0.833. The summed E-state index contributed by atoms with van der Waals surface area (Å²) < 4.78 is 26.1. The summed E-state index contributed by atoms with van der Waals surface area (Å²) in [6.07, 6.45) is 0. The molecule has 1 saturated heterocycles. The van der Waals surface area contributed by atoms with Crippen molar-refractivity contribution in [3.8, 4) is 0 Å². The summed E-state index contributed by atoms with van der Waals surface area (Å²) in [6, 6.07) is 2.61. The van der Waals surface area contributed by atoms with E-state index in [0.717, 1.165) is 12.1 Å². The Kier molecular flexibility index (Phi) is 3.11. The maximum atomic E-state index is 13.4. The third-order valence-corrected chi connectivity index (χ3v) is 3.57. The lowest BCUT2D eigenvalue weighted by Crippen LogP contribution is -2.33. The Morgan fingerprint density at radius 3 is 2.81 bits per heavy atom. The predicted octanol–water partition coefficient (Wildman–Crippen LogP) is 1.75. The van der Waals surface area contributed by atoms with E-state index in [4.69, 9.17) is 5.11 Å². The molecular weight excluding hydrogens is 236 g/mol. The SMILES string of the molecule is O=C(O)[C@@H]1CSC(c2ccc(F)cc2F)N1. The molecule has 6 heteroatoms. The van der Waals surface area contributed by atoms with Gasteiger partial charge in [-0.25, -0.2) is 8.78 Å². The number of carboxylic acids is 1. The molecule has 2 atom stereocenters. The van der Waals surface area contributed by atoms with Crippen LogP contribution in [0.4, 0.5) is 8.78 Å². The minimum atomic E-state index is -0.961. The largest absolute Gasteiger partial charge is 0.480 e. The number of rotatable bonds is 2. The monoisotopic (exact) mass is 245 g/mol. The highest BCUT2D eigenvalue weighted by Crippen LogP contribution is 2.34. The smallest absolute Gasteiger partial charge is 0.321 e. The van der Waals surface area contributed by atoms with E-state index in [1.54, 1.807) is 0 Å². The number of nitrogens with one attached hydrogen (secondary N) is 1. The van der Waals surface area contributed by atoms with Gasteiger partial charge in [0.15, 0.2) is 0 Å². The number of aliphatic carboxylic acids is 1. The molecular formula is C10H9F2NO2S. The molecule has 0 spiro atoms. The van der Waals surface area contributed by atoms with E-state index in [9.17, 15) is 13.6 Å². The predicted molar refractivity (Wildman–Crippen MR) is 56.1 cm³/mol. The fourth-order valence-electron chi connectivity index (χ4n) is 1.51. The van der Waals surface area contributed by atoms with Gasteiger partial charge >= 0.3 is 5.97 Å². The fourth-order valence-corrected chi connectivity index (χ4v) is 2.76. The first-order valence-corrected chi connectivity index (χ1v) is 5.68. The Hall–Kier alpha value is -1.14. The Balaban J connectivity index is 2.17. The van der Waals surface area contributed by atoms with Gasteiger partial charge < -0.3 is 5.11 Å². The molecule has 16 heavy (non-hydrogen) atoms. The second-order valence-electron chi connectivity index (χ2n) is 3.44. The minimum Gasteiger partial charge on any atom is -0.480 e. The molecule has 1 fully saturated rings. The summed E-state index contributed by atoms with van der Waals surface area (Å²) in [5.41, 5.74) is 0.287. The standard InChI is InChI=1S/C10H9F2NO2S/c11-5-1-2-6(7(12)3-5)9-13-8(4-16-9)10(14)15/h1-3,8-9,13H,4H2,(H,14,15)/t8-,9?/m0/s1. The number of halogens is 2. The number of hydrogen-bond donors (Lipinski definition) is 2. The third-order valence-electron chi connectivity index (χ3n) is 2.33. The zero-order chi connectivity index (χ0) is 11.7. The van der Waals surface area contributed by atoms with Crippen molar-refractivity contribution in [1.82, 2.24) is 5.32 Å². The lowest BCUT2D eigenvalue weighted by Gasteiger charge is -2.12. The van der Waals surface area contributed by atoms with Crippen LogP contribution >= 0.6 is 11.8 Å². The molecule has 86 valence electrons. The van der Waals surface area contributed by atoms with Gasteiger partial charge in [0.25, 0.3) is 0 Å². The summed E-state index contributed by atoms with van der Waals surface area (Å²) in [5.74, 6) is -1.89. The van der Waals surface area contributed by atoms with Crippen molar-refractivity contribution in [3.05, 3.63) is 35.4 Å². The van der Waals surface area contributed by atoms with Crippen LogP contribution in [0.15, 0.2) is 18.2 Å². The highest BCUT2D eigenvalue weighted by Gasteiger charge is 2.31. The average Bonchev–Trinajstić information content (AvgIpc) is 2.66. The van der Waals surface area contributed by atoms with Crippen molar-refractivity contribution in [1.29, 1.82) is 0 Å². The lowest BCUT2D eigenvalue weighted by atomic mass is 10.2. The molecule has 2 rings (SSSR count). The van der Waals surface area contributed by atoms with Gasteiger partial charge in [0.05, 0.1) is 5.37 Å². The molecule has 0 radical (unpaired) electrons. The first kappa shape index (κ1) is 11.3. The van der Waals surface area contributed by atoms with Crippen LogP contribution in [0.2, 0.25) is 0 Å². The molecule has 0 aliphatic carbocycles. The number of thioether (sulfide) groups is 1. The van der Waals surface area contributed by atoms with E-state index in [2.05, 4.69) is 5.32 Å². The first-order chi connectivity index (χ1) is 7.58. The van der Waals surface area contributed by atoms with Crippen molar-refractivity contribution in [3.63, 3.8) is 0 Å². The van der Waals surface area contributed by atoms with Gasteiger partial charge in [-0.05, 0) is 6.07 Å². The van der Waals surface area contributed by atoms with Crippen molar-refractivity contribution >= 4 is 17.7 Å². The lowest BCUT2D eigenvalue weighted by molar-refractivity contribution is -0.138. The second kappa shape index (κ2) is 4.39. The Morgan fingerprint density at radius 2 is 2.25 bits per heavy atom. The summed E-state index contributed by atoms with van der Waals surface area (Å²) >= 11 is 1.30.